The van der Waals surface area contributed by atoms with Gasteiger partial charge in [-0.05, 0) is 68.4 Å². The molecular weight excluding hydrogens is 395 g/mol. The van der Waals surface area contributed by atoms with E-state index in [1.807, 2.05) is 12.1 Å². The quantitative estimate of drug-likeness (QED) is 0.567. The smallest absolute Gasteiger partial charge is 0.252 e. The van der Waals surface area contributed by atoms with Gasteiger partial charge in [-0.25, -0.2) is 4.39 Å². The molecule has 1 N–H and O–H groups in total. The second-order valence-corrected chi connectivity index (χ2v) is 7.72. The maximum Gasteiger partial charge on any atom is 0.252 e. The summed E-state index contributed by atoms with van der Waals surface area (Å²) in [5.74, 6) is -0.230. The first kappa shape index (κ1) is 21.0. The molecule has 1 atom stereocenters. The van der Waals surface area contributed by atoms with Gasteiger partial charge in [-0.1, -0.05) is 24.6 Å². The average Bonchev–Trinajstić information content (AvgIpc) is 3.34. The Morgan fingerprint density at radius 1 is 0.935 bits per heavy atom. The largest absolute Gasteiger partial charge is 0.468 e. The molecule has 6 heteroatoms. The normalized spacial score (nSPS) is 15.4. The third kappa shape index (κ3) is 4.91. The monoisotopic (exact) mass is 420 g/mol. The zero-order chi connectivity index (χ0) is 21.6. The van der Waals surface area contributed by atoms with E-state index >= 15 is 0 Å². The van der Waals surface area contributed by atoms with Crippen molar-refractivity contribution in [2.45, 2.75) is 25.3 Å². The fraction of sp³-hybridized carbons (Fsp3) is 0.280. The van der Waals surface area contributed by atoms with Crippen molar-refractivity contribution in [1.82, 2.24) is 10.2 Å². The van der Waals surface area contributed by atoms with Gasteiger partial charge in [0.2, 0.25) is 0 Å². The van der Waals surface area contributed by atoms with E-state index in [-0.39, 0.29) is 17.7 Å². The Balaban J connectivity index is 1.51. The molecule has 2 heterocycles. The molecule has 1 fully saturated rings. The van der Waals surface area contributed by atoms with E-state index in [0.717, 1.165) is 31.7 Å². The van der Waals surface area contributed by atoms with Crippen molar-refractivity contribution in [1.29, 1.82) is 0 Å². The molecule has 1 amide bonds. The van der Waals surface area contributed by atoms with Crippen LogP contribution in [-0.4, -0.2) is 36.2 Å². The van der Waals surface area contributed by atoms with Gasteiger partial charge in [-0.3, -0.25) is 14.5 Å². The van der Waals surface area contributed by atoms with Gasteiger partial charge in [0.25, 0.3) is 5.91 Å². The lowest BCUT2D eigenvalue weighted by Gasteiger charge is -2.33. The Bertz CT molecular complexity index is 1030. The van der Waals surface area contributed by atoms with Gasteiger partial charge in [0.1, 0.15) is 11.6 Å². The van der Waals surface area contributed by atoms with Crippen molar-refractivity contribution in [3.63, 3.8) is 0 Å². The third-order valence-corrected chi connectivity index (χ3v) is 5.68. The number of rotatable bonds is 7. The van der Waals surface area contributed by atoms with Gasteiger partial charge < -0.3 is 9.73 Å². The van der Waals surface area contributed by atoms with Crippen LogP contribution in [0.3, 0.4) is 0 Å². The number of benzene rings is 2. The van der Waals surface area contributed by atoms with Crippen molar-refractivity contribution >= 4 is 11.7 Å². The molecule has 0 saturated carbocycles. The Kier molecular flexibility index (Phi) is 6.57. The van der Waals surface area contributed by atoms with E-state index in [2.05, 4.69) is 10.2 Å². The number of carbonyl (C=O) groups is 2. The maximum atomic E-state index is 13.2. The molecule has 1 saturated heterocycles. The number of carbonyl (C=O) groups excluding carboxylic acids is 2. The summed E-state index contributed by atoms with van der Waals surface area (Å²) in [5, 5.41) is 2.99. The summed E-state index contributed by atoms with van der Waals surface area (Å²) >= 11 is 0. The van der Waals surface area contributed by atoms with E-state index in [0.29, 0.717) is 23.2 Å². The van der Waals surface area contributed by atoms with Crippen LogP contribution in [0.1, 0.15) is 57.3 Å². The number of piperidine rings is 1. The third-order valence-electron chi connectivity index (χ3n) is 5.68. The molecule has 0 bridgehead atoms. The van der Waals surface area contributed by atoms with Gasteiger partial charge >= 0.3 is 0 Å². The predicted octanol–water partition coefficient (Wildman–Crippen LogP) is 4.61. The van der Waals surface area contributed by atoms with Crippen LogP contribution in [0.5, 0.6) is 0 Å². The molecular formula is C25H25FN2O3. The number of ketones is 1. The molecule has 160 valence electrons. The minimum absolute atomic E-state index is 0.0563. The van der Waals surface area contributed by atoms with Crippen molar-refractivity contribution in [3.05, 3.63) is 95.2 Å². The lowest BCUT2D eigenvalue weighted by Crippen LogP contribution is -2.40. The number of furan rings is 1. The number of amides is 1. The summed E-state index contributed by atoms with van der Waals surface area (Å²) in [6.07, 6.45) is 5.11. The second-order valence-electron chi connectivity index (χ2n) is 7.72. The van der Waals surface area contributed by atoms with Crippen molar-refractivity contribution < 1.29 is 18.4 Å². The molecule has 3 aromatic rings. The van der Waals surface area contributed by atoms with Gasteiger partial charge in [0.05, 0.1) is 17.9 Å². The van der Waals surface area contributed by atoms with Gasteiger partial charge in [-0.15, -0.1) is 0 Å². The fourth-order valence-corrected chi connectivity index (χ4v) is 4.04. The molecule has 0 radical (unpaired) electrons. The van der Waals surface area contributed by atoms with Gasteiger partial charge in [0.15, 0.2) is 5.78 Å². The number of nitrogens with zero attached hydrogens (tertiary/aromatic N) is 1. The van der Waals surface area contributed by atoms with E-state index in [1.165, 1.54) is 30.7 Å². The SMILES string of the molecule is O=C(NC[C@@H](c1ccco1)N1CCCCC1)c1ccccc1C(=O)c1ccc(F)cc1. The summed E-state index contributed by atoms with van der Waals surface area (Å²) in [6.45, 7) is 2.30. The highest BCUT2D eigenvalue weighted by molar-refractivity contribution is 6.15. The second kappa shape index (κ2) is 9.71. The fourth-order valence-electron chi connectivity index (χ4n) is 4.04. The lowest BCUT2D eigenvalue weighted by molar-refractivity contribution is 0.0906. The van der Waals surface area contributed by atoms with Crippen LogP contribution in [0, 0.1) is 5.82 Å². The molecule has 5 nitrogen and oxygen atoms in total. The Hall–Kier alpha value is -3.25. The van der Waals surface area contributed by atoms with Gasteiger partial charge in [-0.2, -0.15) is 0 Å². The Labute approximate surface area is 180 Å². The Morgan fingerprint density at radius 3 is 2.32 bits per heavy atom. The first-order valence-electron chi connectivity index (χ1n) is 10.6. The number of halogens is 1. The van der Waals surface area contributed by atoms with Gasteiger partial charge in [0, 0.05) is 17.7 Å². The molecule has 1 aliphatic heterocycles. The molecule has 4 rings (SSSR count). The van der Waals surface area contributed by atoms with Crippen LogP contribution in [0.4, 0.5) is 4.39 Å². The van der Waals surface area contributed by atoms with Crippen LogP contribution in [0.2, 0.25) is 0 Å². The van der Waals surface area contributed by atoms with Crippen molar-refractivity contribution in [3.8, 4) is 0 Å². The molecule has 1 aromatic heterocycles. The van der Waals surface area contributed by atoms with Crippen LogP contribution in [0.25, 0.3) is 0 Å². The van der Waals surface area contributed by atoms with Crippen molar-refractivity contribution in [2.75, 3.05) is 19.6 Å². The topological polar surface area (TPSA) is 62.6 Å². The predicted molar refractivity (Wildman–Crippen MR) is 115 cm³/mol. The first-order valence-corrected chi connectivity index (χ1v) is 10.6. The first-order chi connectivity index (χ1) is 15.1. The highest BCUT2D eigenvalue weighted by Gasteiger charge is 2.26. The molecule has 2 aromatic carbocycles. The molecule has 0 aliphatic carbocycles. The zero-order valence-electron chi connectivity index (χ0n) is 17.2. The molecule has 1 aliphatic rings. The summed E-state index contributed by atoms with van der Waals surface area (Å²) in [6, 6.07) is 15.7. The minimum atomic E-state index is -0.413. The summed E-state index contributed by atoms with van der Waals surface area (Å²) < 4.78 is 18.9. The standard InChI is InChI=1S/C25H25FN2O3/c26-19-12-10-18(11-13-19)24(29)20-7-2-3-8-21(20)25(30)27-17-22(23-9-6-16-31-23)28-14-4-1-5-15-28/h2-3,6-13,16,22H,1,4-5,14-15,17H2,(H,27,30)/t22-/m0/s1. The highest BCUT2D eigenvalue weighted by atomic mass is 19.1. The number of likely N-dealkylation sites (tertiary alicyclic amines) is 1. The van der Waals surface area contributed by atoms with Crippen LogP contribution < -0.4 is 5.32 Å². The number of nitrogens with one attached hydrogen (secondary N) is 1. The van der Waals surface area contributed by atoms with E-state index in [1.54, 1.807) is 30.5 Å². The maximum absolute atomic E-state index is 13.2. The zero-order valence-corrected chi connectivity index (χ0v) is 17.2. The van der Waals surface area contributed by atoms with Crippen LogP contribution in [0.15, 0.2) is 71.3 Å². The van der Waals surface area contributed by atoms with E-state index in [4.69, 9.17) is 4.42 Å². The van der Waals surface area contributed by atoms with Crippen molar-refractivity contribution in [2.24, 2.45) is 0 Å². The molecule has 31 heavy (non-hydrogen) atoms. The average molecular weight is 420 g/mol. The molecule has 0 unspecified atom stereocenters. The summed E-state index contributed by atoms with van der Waals surface area (Å²) in [7, 11) is 0. The number of hydrogen-bond donors (Lipinski definition) is 1. The van der Waals surface area contributed by atoms with Crippen LogP contribution in [-0.2, 0) is 0 Å². The lowest BCUT2D eigenvalue weighted by atomic mass is 9.97. The van der Waals surface area contributed by atoms with E-state index in [9.17, 15) is 14.0 Å². The summed E-state index contributed by atoms with van der Waals surface area (Å²) in [4.78, 5) is 28.3. The minimum Gasteiger partial charge on any atom is -0.468 e. The highest BCUT2D eigenvalue weighted by Crippen LogP contribution is 2.25. The van der Waals surface area contributed by atoms with Crippen LogP contribution >= 0.6 is 0 Å². The molecule has 0 spiro atoms. The number of hydrogen-bond acceptors (Lipinski definition) is 4. The summed E-state index contributed by atoms with van der Waals surface area (Å²) in [5.41, 5.74) is 0.927. The van der Waals surface area contributed by atoms with E-state index < -0.39 is 5.82 Å². The Morgan fingerprint density at radius 2 is 1.65 bits per heavy atom.